The first-order chi connectivity index (χ1) is 9.15. The highest BCUT2D eigenvalue weighted by Gasteiger charge is 2.12. The van der Waals surface area contributed by atoms with Crippen LogP contribution in [0.15, 0.2) is 36.9 Å². The summed E-state index contributed by atoms with van der Waals surface area (Å²) < 4.78 is 0. The Bertz CT molecular complexity index is 460. The predicted octanol–water partition coefficient (Wildman–Crippen LogP) is 1.96. The van der Waals surface area contributed by atoms with Crippen LogP contribution in [0.1, 0.15) is 15.9 Å². The number of benzene rings is 1. The summed E-state index contributed by atoms with van der Waals surface area (Å²) in [4.78, 5) is 22.7. The molecule has 102 valence electrons. The Morgan fingerprint density at radius 3 is 2.79 bits per heavy atom. The Morgan fingerprint density at radius 1 is 1.37 bits per heavy atom. The molecule has 0 saturated carbocycles. The van der Waals surface area contributed by atoms with E-state index in [-0.39, 0.29) is 12.3 Å². The van der Waals surface area contributed by atoms with Crippen LogP contribution < -0.4 is 5.32 Å². The van der Waals surface area contributed by atoms with Gasteiger partial charge in [-0.15, -0.1) is 6.58 Å². The van der Waals surface area contributed by atoms with Gasteiger partial charge in [-0.25, -0.2) is 0 Å². The van der Waals surface area contributed by atoms with Gasteiger partial charge < -0.3 is 10.4 Å². The Labute approximate surface area is 116 Å². The van der Waals surface area contributed by atoms with Gasteiger partial charge in [-0.05, 0) is 11.6 Å². The summed E-state index contributed by atoms with van der Waals surface area (Å²) in [6.45, 7) is 4.17. The second kappa shape index (κ2) is 8.37. The zero-order chi connectivity index (χ0) is 14.1. The summed E-state index contributed by atoms with van der Waals surface area (Å²) in [6.07, 6.45) is 1.67. The summed E-state index contributed by atoms with van der Waals surface area (Å²) in [7, 11) is 0. The minimum atomic E-state index is -0.943. The Hall–Kier alpha value is -1.75. The fourth-order valence-electron chi connectivity index (χ4n) is 1.56. The molecule has 0 spiro atoms. The van der Waals surface area contributed by atoms with Crippen LogP contribution in [0.2, 0.25) is 0 Å². The van der Waals surface area contributed by atoms with E-state index in [4.69, 9.17) is 5.11 Å². The van der Waals surface area contributed by atoms with Crippen molar-refractivity contribution in [2.75, 3.05) is 18.1 Å². The SMILES string of the molecule is C=CCSCCNC(=O)c1ccccc1CC(=O)O. The average Bonchev–Trinajstić information content (AvgIpc) is 2.38. The molecule has 0 radical (unpaired) electrons. The smallest absolute Gasteiger partial charge is 0.307 e. The third kappa shape index (κ3) is 5.61. The van der Waals surface area contributed by atoms with Gasteiger partial charge in [-0.3, -0.25) is 9.59 Å². The van der Waals surface area contributed by atoms with Gasteiger partial charge in [0.2, 0.25) is 0 Å². The number of aliphatic carboxylic acids is 1. The van der Waals surface area contributed by atoms with E-state index in [2.05, 4.69) is 11.9 Å². The molecule has 1 aromatic rings. The summed E-state index contributed by atoms with van der Waals surface area (Å²) in [6, 6.07) is 6.77. The Morgan fingerprint density at radius 2 is 2.11 bits per heavy atom. The van der Waals surface area contributed by atoms with Crippen LogP contribution in [0.5, 0.6) is 0 Å². The molecule has 0 aromatic heterocycles. The van der Waals surface area contributed by atoms with Gasteiger partial charge >= 0.3 is 5.97 Å². The van der Waals surface area contributed by atoms with E-state index >= 15 is 0 Å². The van der Waals surface area contributed by atoms with Gasteiger partial charge in [0.25, 0.3) is 5.91 Å². The molecule has 0 fully saturated rings. The van der Waals surface area contributed by atoms with Crippen molar-refractivity contribution in [2.24, 2.45) is 0 Å². The zero-order valence-corrected chi connectivity index (χ0v) is 11.4. The van der Waals surface area contributed by atoms with Crippen molar-refractivity contribution in [3.63, 3.8) is 0 Å². The van der Waals surface area contributed by atoms with E-state index in [0.717, 1.165) is 11.5 Å². The van der Waals surface area contributed by atoms with Crippen LogP contribution in [0, 0.1) is 0 Å². The monoisotopic (exact) mass is 279 g/mol. The van der Waals surface area contributed by atoms with Gasteiger partial charge in [-0.2, -0.15) is 11.8 Å². The number of hydrogen-bond donors (Lipinski definition) is 2. The molecule has 0 aliphatic heterocycles. The van der Waals surface area contributed by atoms with Gasteiger partial charge in [0.15, 0.2) is 0 Å². The lowest BCUT2D eigenvalue weighted by Crippen LogP contribution is -2.27. The molecule has 0 saturated heterocycles. The van der Waals surface area contributed by atoms with E-state index in [9.17, 15) is 9.59 Å². The molecule has 0 aliphatic carbocycles. The first-order valence-electron chi connectivity index (χ1n) is 5.91. The standard InChI is InChI=1S/C14H17NO3S/c1-2-8-19-9-7-15-14(18)12-6-4-3-5-11(12)10-13(16)17/h2-6H,1,7-10H2,(H,15,18)(H,16,17). The van der Waals surface area contributed by atoms with E-state index in [0.29, 0.717) is 17.7 Å². The third-order valence-electron chi connectivity index (χ3n) is 2.37. The first kappa shape index (κ1) is 15.3. The summed E-state index contributed by atoms with van der Waals surface area (Å²) in [5.74, 6) is 0.488. The van der Waals surface area contributed by atoms with E-state index in [1.165, 1.54) is 0 Å². The molecule has 4 nitrogen and oxygen atoms in total. The molecule has 0 atom stereocenters. The van der Waals surface area contributed by atoms with E-state index < -0.39 is 5.97 Å². The van der Waals surface area contributed by atoms with Crippen molar-refractivity contribution in [3.8, 4) is 0 Å². The quantitative estimate of drug-likeness (QED) is 0.564. The highest BCUT2D eigenvalue weighted by molar-refractivity contribution is 7.99. The minimum absolute atomic E-state index is 0.144. The molecule has 1 aromatic carbocycles. The van der Waals surface area contributed by atoms with Gasteiger partial charge in [0.05, 0.1) is 6.42 Å². The highest BCUT2D eigenvalue weighted by Crippen LogP contribution is 2.09. The number of rotatable bonds is 8. The number of carboxylic acid groups (broad SMARTS) is 1. The second-order valence-electron chi connectivity index (χ2n) is 3.85. The minimum Gasteiger partial charge on any atom is -0.481 e. The number of nitrogens with one attached hydrogen (secondary N) is 1. The Kier molecular flexibility index (Phi) is 6.74. The number of amides is 1. The van der Waals surface area contributed by atoms with Crippen molar-refractivity contribution >= 4 is 23.6 Å². The lowest BCUT2D eigenvalue weighted by atomic mass is 10.0. The Balaban J connectivity index is 2.56. The van der Waals surface area contributed by atoms with Crippen LogP contribution in [0.3, 0.4) is 0 Å². The molecule has 5 heteroatoms. The zero-order valence-electron chi connectivity index (χ0n) is 10.6. The van der Waals surface area contributed by atoms with Gasteiger partial charge in [-0.1, -0.05) is 24.3 Å². The van der Waals surface area contributed by atoms with Crippen LogP contribution in [-0.4, -0.2) is 35.0 Å². The number of thioether (sulfide) groups is 1. The average molecular weight is 279 g/mol. The highest BCUT2D eigenvalue weighted by atomic mass is 32.2. The van der Waals surface area contributed by atoms with E-state index in [1.54, 1.807) is 36.0 Å². The van der Waals surface area contributed by atoms with Crippen molar-refractivity contribution < 1.29 is 14.7 Å². The maximum absolute atomic E-state index is 11.9. The molecular weight excluding hydrogens is 262 g/mol. The first-order valence-corrected chi connectivity index (χ1v) is 7.07. The predicted molar refractivity (Wildman–Crippen MR) is 77.6 cm³/mol. The van der Waals surface area contributed by atoms with Gasteiger partial charge in [0.1, 0.15) is 0 Å². The topological polar surface area (TPSA) is 66.4 Å². The van der Waals surface area contributed by atoms with Crippen LogP contribution >= 0.6 is 11.8 Å². The molecular formula is C14H17NO3S. The lowest BCUT2D eigenvalue weighted by Gasteiger charge is -2.08. The molecule has 0 unspecified atom stereocenters. The largest absolute Gasteiger partial charge is 0.481 e. The molecule has 0 aliphatic rings. The molecule has 0 bridgehead atoms. The van der Waals surface area contributed by atoms with Crippen molar-refractivity contribution in [1.82, 2.24) is 5.32 Å². The van der Waals surface area contributed by atoms with Crippen molar-refractivity contribution in [1.29, 1.82) is 0 Å². The van der Waals surface area contributed by atoms with Gasteiger partial charge in [0, 0.05) is 23.6 Å². The summed E-state index contributed by atoms with van der Waals surface area (Å²) >= 11 is 1.68. The van der Waals surface area contributed by atoms with Crippen LogP contribution in [-0.2, 0) is 11.2 Å². The van der Waals surface area contributed by atoms with Crippen molar-refractivity contribution in [2.45, 2.75) is 6.42 Å². The molecule has 1 rings (SSSR count). The van der Waals surface area contributed by atoms with Crippen molar-refractivity contribution in [3.05, 3.63) is 48.0 Å². The molecule has 1 amide bonds. The molecule has 2 N–H and O–H groups in total. The summed E-state index contributed by atoms with van der Waals surface area (Å²) in [5, 5.41) is 11.6. The normalized spacial score (nSPS) is 9.89. The number of hydrogen-bond acceptors (Lipinski definition) is 3. The maximum atomic E-state index is 11.9. The second-order valence-corrected chi connectivity index (χ2v) is 5.00. The number of carbonyl (C=O) groups excluding carboxylic acids is 1. The third-order valence-corrected chi connectivity index (χ3v) is 3.34. The number of carboxylic acids is 1. The number of carbonyl (C=O) groups is 2. The molecule has 19 heavy (non-hydrogen) atoms. The van der Waals surface area contributed by atoms with Crippen LogP contribution in [0.4, 0.5) is 0 Å². The summed E-state index contributed by atoms with van der Waals surface area (Å²) in [5.41, 5.74) is 0.963. The van der Waals surface area contributed by atoms with Crippen LogP contribution in [0.25, 0.3) is 0 Å². The fourth-order valence-corrected chi connectivity index (χ4v) is 2.14. The fraction of sp³-hybridized carbons (Fsp3) is 0.286. The van der Waals surface area contributed by atoms with E-state index in [1.807, 2.05) is 6.08 Å². The lowest BCUT2D eigenvalue weighted by molar-refractivity contribution is -0.136. The molecule has 0 heterocycles. The maximum Gasteiger partial charge on any atom is 0.307 e.